The van der Waals surface area contributed by atoms with E-state index in [4.69, 9.17) is 0 Å². The van der Waals surface area contributed by atoms with Gasteiger partial charge in [0.2, 0.25) is 0 Å². The standard InChI is InChI=1S/C15H26N2.C4H10/c1-11(2)10-15-14-9-7-5-4-6-8-13(14)12(3)16-17-15;1-4(2)3/h11,13-14H,4-10H2,1-3H3;4H,1-3H3. The van der Waals surface area contributed by atoms with Crippen molar-refractivity contribution in [1.29, 1.82) is 0 Å². The molecule has 1 aliphatic carbocycles. The first-order valence-corrected chi connectivity index (χ1v) is 9.02. The lowest BCUT2D eigenvalue weighted by Gasteiger charge is -2.32. The molecule has 0 aromatic rings. The maximum Gasteiger partial charge on any atom is 0.0445 e. The first-order valence-electron chi connectivity index (χ1n) is 9.02. The minimum absolute atomic E-state index is 0.696. The second-order valence-corrected chi connectivity index (χ2v) is 7.87. The second kappa shape index (κ2) is 9.38. The van der Waals surface area contributed by atoms with Crippen LogP contribution in [0.15, 0.2) is 10.2 Å². The quantitative estimate of drug-likeness (QED) is 0.586. The summed E-state index contributed by atoms with van der Waals surface area (Å²) in [4.78, 5) is 0. The van der Waals surface area contributed by atoms with Crippen LogP contribution in [0.3, 0.4) is 0 Å². The molecule has 21 heavy (non-hydrogen) atoms. The molecule has 0 spiro atoms. The van der Waals surface area contributed by atoms with Gasteiger partial charge in [0.25, 0.3) is 0 Å². The van der Waals surface area contributed by atoms with Gasteiger partial charge < -0.3 is 0 Å². The van der Waals surface area contributed by atoms with E-state index in [-0.39, 0.29) is 0 Å². The van der Waals surface area contributed by atoms with Crippen molar-refractivity contribution in [1.82, 2.24) is 0 Å². The van der Waals surface area contributed by atoms with Crippen molar-refractivity contribution in [2.75, 3.05) is 0 Å². The van der Waals surface area contributed by atoms with Gasteiger partial charge in [-0.05, 0) is 38.0 Å². The fraction of sp³-hybridized carbons (Fsp3) is 0.895. The summed E-state index contributed by atoms with van der Waals surface area (Å²) in [5, 5.41) is 8.94. The number of hydrogen-bond donors (Lipinski definition) is 0. The Morgan fingerprint density at radius 3 is 1.90 bits per heavy atom. The average molecular weight is 293 g/mol. The topological polar surface area (TPSA) is 24.7 Å². The van der Waals surface area contributed by atoms with Crippen LogP contribution in [0.25, 0.3) is 0 Å². The van der Waals surface area contributed by atoms with E-state index in [0.717, 1.165) is 12.3 Å². The monoisotopic (exact) mass is 292 g/mol. The van der Waals surface area contributed by atoms with Gasteiger partial charge in [-0.25, -0.2) is 0 Å². The first-order chi connectivity index (χ1) is 9.91. The average Bonchev–Trinajstić information content (AvgIpc) is 2.32. The summed E-state index contributed by atoms with van der Waals surface area (Å²) in [6.45, 7) is 13.2. The summed E-state index contributed by atoms with van der Waals surface area (Å²) in [6.07, 6.45) is 9.38. The van der Waals surface area contributed by atoms with Crippen molar-refractivity contribution in [3.05, 3.63) is 0 Å². The Kier molecular flexibility index (Phi) is 8.21. The molecule has 2 atom stereocenters. The van der Waals surface area contributed by atoms with Gasteiger partial charge >= 0.3 is 0 Å². The van der Waals surface area contributed by atoms with Crippen LogP contribution in [0, 0.1) is 23.7 Å². The highest BCUT2D eigenvalue weighted by molar-refractivity contribution is 5.97. The zero-order valence-electron chi connectivity index (χ0n) is 15.2. The minimum atomic E-state index is 0.696. The largest absolute Gasteiger partial charge is 0.160 e. The van der Waals surface area contributed by atoms with Crippen LogP contribution in [0.2, 0.25) is 0 Å². The molecule has 2 unspecified atom stereocenters. The Morgan fingerprint density at radius 2 is 1.38 bits per heavy atom. The smallest absolute Gasteiger partial charge is 0.0445 e. The summed E-state index contributed by atoms with van der Waals surface area (Å²) in [6, 6.07) is 0. The molecule has 0 bridgehead atoms. The molecule has 0 aromatic carbocycles. The van der Waals surface area contributed by atoms with Gasteiger partial charge in [-0.15, -0.1) is 0 Å². The first kappa shape index (κ1) is 18.4. The van der Waals surface area contributed by atoms with E-state index in [1.807, 2.05) is 0 Å². The van der Waals surface area contributed by atoms with E-state index < -0.39 is 0 Å². The van der Waals surface area contributed by atoms with Gasteiger partial charge in [0.15, 0.2) is 0 Å². The fourth-order valence-electron chi connectivity index (χ4n) is 3.29. The van der Waals surface area contributed by atoms with Crippen molar-refractivity contribution in [2.45, 2.75) is 86.5 Å². The molecule has 2 aliphatic rings. The summed E-state index contributed by atoms with van der Waals surface area (Å²) in [5.41, 5.74) is 2.67. The SMILES string of the molecule is CC(C)C.CC1=NN=C(CC(C)C)C2CCCCCCC12. The van der Waals surface area contributed by atoms with E-state index in [2.05, 4.69) is 51.7 Å². The Bertz CT molecular complexity index is 350. The summed E-state index contributed by atoms with van der Waals surface area (Å²) in [5.74, 6) is 2.94. The molecule has 0 aromatic heterocycles. The predicted molar refractivity (Wildman–Crippen MR) is 95.2 cm³/mol. The number of rotatable bonds is 2. The second-order valence-electron chi connectivity index (χ2n) is 7.87. The van der Waals surface area contributed by atoms with Crippen molar-refractivity contribution in [2.24, 2.45) is 33.9 Å². The predicted octanol–water partition coefficient (Wildman–Crippen LogP) is 6.11. The van der Waals surface area contributed by atoms with E-state index in [9.17, 15) is 0 Å². The minimum Gasteiger partial charge on any atom is -0.160 e. The lowest BCUT2D eigenvalue weighted by molar-refractivity contribution is 0.383. The molecule has 2 rings (SSSR count). The molecule has 0 amide bonds. The van der Waals surface area contributed by atoms with Gasteiger partial charge in [-0.1, -0.05) is 60.3 Å². The van der Waals surface area contributed by atoms with Crippen molar-refractivity contribution < 1.29 is 0 Å². The maximum atomic E-state index is 4.51. The van der Waals surface area contributed by atoms with Crippen molar-refractivity contribution >= 4 is 11.4 Å². The number of fused-ring (bicyclic) bond motifs is 1. The molecular formula is C19H36N2. The molecule has 2 heteroatoms. The van der Waals surface area contributed by atoms with Gasteiger partial charge in [0.05, 0.1) is 0 Å². The van der Waals surface area contributed by atoms with Gasteiger partial charge in [0, 0.05) is 23.3 Å². The van der Waals surface area contributed by atoms with Gasteiger partial charge in [-0.2, -0.15) is 10.2 Å². The number of nitrogens with zero attached hydrogens (tertiary/aromatic N) is 2. The lowest BCUT2D eigenvalue weighted by atomic mass is 9.74. The molecule has 1 saturated carbocycles. The Balaban J connectivity index is 0.000000491. The third kappa shape index (κ3) is 6.76. The Labute approximate surface area is 132 Å². The normalized spacial score (nSPS) is 26.1. The highest BCUT2D eigenvalue weighted by Crippen LogP contribution is 2.34. The lowest BCUT2D eigenvalue weighted by Crippen LogP contribution is -2.33. The van der Waals surface area contributed by atoms with Crippen LogP contribution in [-0.2, 0) is 0 Å². The molecule has 2 nitrogen and oxygen atoms in total. The molecular weight excluding hydrogens is 256 g/mol. The molecule has 1 fully saturated rings. The fourth-order valence-corrected chi connectivity index (χ4v) is 3.29. The summed E-state index contributed by atoms with van der Waals surface area (Å²) >= 11 is 0. The van der Waals surface area contributed by atoms with E-state index >= 15 is 0 Å². The molecule has 0 N–H and O–H groups in total. The number of hydrogen-bond acceptors (Lipinski definition) is 2. The van der Waals surface area contributed by atoms with Gasteiger partial charge in [0.1, 0.15) is 0 Å². The van der Waals surface area contributed by atoms with E-state index in [1.54, 1.807) is 0 Å². The van der Waals surface area contributed by atoms with Crippen LogP contribution in [0.4, 0.5) is 0 Å². The summed E-state index contributed by atoms with van der Waals surface area (Å²) < 4.78 is 0. The molecule has 1 aliphatic heterocycles. The Hall–Kier alpha value is -0.660. The van der Waals surface area contributed by atoms with Crippen LogP contribution in [-0.4, -0.2) is 11.4 Å². The van der Waals surface area contributed by atoms with Crippen molar-refractivity contribution in [3.63, 3.8) is 0 Å². The zero-order chi connectivity index (χ0) is 15.8. The third-order valence-corrected chi connectivity index (χ3v) is 4.18. The van der Waals surface area contributed by atoms with Crippen LogP contribution >= 0.6 is 0 Å². The summed E-state index contributed by atoms with van der Waals surface area (Å²) in [7, 11) is 0. The van der Waals surface area contributed by atoms with E-state index in [1.165, 1.54) is 49.9 Å². The van der Waals surface area contributed by atoms with Crippen LogP contribution < -0.4 is 0 Å². The Morgan fingerprint density at radius 1 is 0.857 bits per heavy atom. The highest BCUT2D eigenvalue weighted by Gasteiger charge is 2.31. The molecule has 1 heterocycles. The zero-order valence-corrected chi connectivity index (χ0v) is 15.2. The van der Waals surface area contributed by atoms with Crippen molar-refractivity contribution in [3.8, 4) is 0 Å². The molecule has 0 saturated heterocycles. The van der Waals surface area contributed by atoms with Gasteiger partial charge in [-0.3, -0.25) is 0 Å². The maximum absolute atomic E-state index is 4.51. The molecule has 122 valence electrons. The van der Waals surface area contributed by atoms with E-state index in [0.29, 0.717) is 17.8 Å². The molecule has 0 radical (unpaired) electrons. The highest BCUT2D eigenvalue weighted by atomic mass is 15.2. The van der Waals surface area contributed by atoms with Crippen LogP contribution in [0.5, 0.6) is 0 Å². The van der Waals surface area contributed by atoms with Crippen LogP contribution in [0.1, 0.15) is 86.5 Å². The third-order valence-electron chi connectivity index (χ3n) is 4.18.